The molecular formula is C15H17BrN4O2. The Balaban J connectivity index is 1.86. The number of amides is 1. The van der Waals surface area contributed by atoms with E-state index in [-0.39, 0.29) is 5.91 Å². The van der Waals surface area contributed by atoms with Gasteiger partial charge in [0.05, 0.1) is 10.9 Å². The van der Waals surface area contributed by atoms with Crippen molar-refractivity contribution in [3.05, 3.63) is 29.0 Å². The number of rotatable bonds is 4. The first-order chi connectivity index (χ1) is 10.6. The molecule has 22 heavy (non-hydrogen) atoms. The molecule has 0 atom stereocenters. The van der Waals surface area contributed by atoms with Crippen molar-refractivity contribution in [1.29, 1.82) is 0 Å². The molecule has 0 saturated carbocycles. The van der Waals surface area contributed by atoms with Gasteiger partial charge in [-0.25, -0.2) is 9.97 Å². The fraction of sp³-hybridized carbons (Fsp3) is 0.400. The van der Waals surface area contributed by atoms with Gasteiger partial charge >= 0.3 is 0 Å². The Morgan fingerprint density at radius 1 is 1.36 bits per heavy atom. The first-order valence-corrected chi connectivity index (χ1v) is 7.92. The summed E-state index contributed by atoms with van der Waals surface area (Å²) in [6.45, 7) is 1.56. The van der Waals surface area contributed by atoms with E-state index >= 15 is 0 Å². The quantitative estimate of drug-likeness (QED) is 0.866. The van der Waals surface area contributed by atoms with Crippen molar-refractivity contribution in [2.24, 2.45) is 11.1 Å². The summed E-state index contributed by atoms with van der Waals surface area (Å²) >= 11 is 3.45. The van der Waals surface area contributed by atoms with Crippen LogP contribution in [0.5, 0.6) is 0 Å². The Bertz CT molecular complexity index is 701. The molecule has 0 aliphatic carbocycles. The van der Waals surface area contributed by atoms with E-state index < -0.39 is 5.41 Å². The standard InChI is InChI=1S/C15H17BrN4O2/c16-10-1-2-12-11(7-10)13(20-9-19-12)18-8-15(14(17)21)3-5-22-6-4-15/h1-2,7,9H,3-6,8H2,(H2,17,21)(H,18,19,20). The molecule has 1 fully saturated rings. The second-order valence-corrected chi connectivity index (χ2v) is 6.41. The highest BCUT2D eigenvalue weighted by atomic mass is 79.9. The van der Waals surface area contributed by atoms with E-state index in [1.807, 2.05) is 18.2 Å². The molecular weight excluding hydrogens is 348 g/mol. The maximum Gasteiger partial charge on any atom is 0.225 e. The highest BCUT2D eigenvalue weighted by molar-refractivity contribution is 9.10. The van der Waals surface area contributed by atoms with Crippen molar-refractivity contribution in [3.63, 3.8) is 0 Å². The van der Waals surface area contributed by atoms with Crippen LogP contribution in [-0.2, 0) is 9.53 Å². The summed E-state index contributed by atoms with van der Waals surface area (Å²) in [6, 6.07) is 5.81. The number of primary amides is 1. The average Bonchev–Trinajstić information content (AvgIpc) is 2.53. The molecule has 6 nitrogen and oxygen atoms in total. The minimum atomic E-state index is -0.582. The van der Waals surface area contributed by atoms with E-state index in [0.29, 0.717) is 38.4 Å². The summed E-state index contributed by atoms with van der Waals surface area (Å²) in [5.74, 6) is 0.418. The second-order valence-electron chi connectivity index (χ2n) is 5.49. The molecule has 1 saturated heterocycles. The third kappa shape index (κ3) is 2.91. The SMILES string of the molecule is NC(=O)C1(CNc2ncnc3ccc(Br)cc23)CCOCC1. The molecule has 2 aromatic rings. The monoisotopic (exact) mass is 364 g/mol. The van der Waals surface area contributed by atoms with Crippen LogP contribution in [0.1, 0.15) is 12.8 Å². The van der Waals surface area contributed by atoms with E-state index in [9.17, 15) is 4.79 Å². The van der Waals surface area contributed by atoms with Gasteiger partial charge in [0.15, 0.2) is 0 Å². The number of carbonyl (C=O) groups is 1. The van der Waals surface area contributed by atoms with Crippen LogP contribution in [-0.4, -0.2) is 35.6 Å². The van der Waals surface area contributed by atoms with Gasteiger partial charge in [-0.05, 0) is 31.0 Å². The summed E-state index contributed by atoms with van der Waals surface area (Å²) in [5.41, 5.74) is 5.89. The Hall–Kier alpha value is -1.73. The zero-order valence-electron chi connectivity index (χ0n) is 12.0. The van der Waals surface area contributed by atoms with Gasteiger partial charge in [-0.3, -0.25) is 4.79 Å². The van der Waals surface area contributed by atoms with Crippen molar-refractivity contribution in [2.75, 3.05) is 25.1 Å². The zero-order chi connectivity index (χ0) is 15.6. The number of hydrogen-bond acceptors (Lipinski definition) is 5. The first kappa shape index (κ1) is 15.2. The van der Waals surface area contributed by atoms with Crippen LogP contribution in [0.3, 0.4) is 0 Å². The molecule has 7 heteroatoms. The van der Waals surface area contributed by atoms with Gasteiger partial charge < -0.3 is 15.8 Å². The fourth-order valence-corrected chi connectivity index (χ4v) is 3.06. The average molecular weight is 365 g/mol. The summed E-state index contributed by atoms with van der Waals surface area (Å²) in [5, 5.41) is 4.18. The lowest BCUT2D eigenvalue weighted by Gasteiger charge is -2.34. The Labute approximate surface area is 136 Å². The number of fused-ring (bicyclic) bond motifs is 1. The van der Waals surface area contributed by atoms with E-state index in [2.05, 4.69) is 31.2 Å². The third-order valence-corrected chi connectivity index (χ3v) is 4.66. The van der Waals surface area contributed by atoms with Crippen LogP contribution >= 0.6 is 15.9 Å². The molecule has 1 aliphatic rings. The van der Waals surface area contributed by atoms with Gasteiger partial charge in [0.2, 0.25) is 5.91 Å². The summed E-state index contributed by atoms with van der Waals surface area (Å²) in [4.78, 5) is 20.4. The minimum absolute atomic E-state index is 0.289. The first-order valence-electron chi connectivity index (χ1n) is 7.12. The zero-order valence-corrected chi connectivity index (χ0v) is 13.6. The van der Waals surface area contributed by atoms with Crippen LogP contribution in [0.25, 0.3) is 10.9 Å². The number of halogens is 1. The molecule has 1 aromatic heterocycles. The molecule has 1 amide bonds. The van der Waals surface area contributed by atoms with Crippen LogP contribution in [0, 0.1) is 5.41 Å². The molecule has 0 radical (unpaired) electrons. The highest BCUT2D eigenvalue weighted by Gasteiger charge is 2.38. The van der Waals surface area contributed by atoms with E-state index in [4.69, 9.17) is 10.5 Å². The predicted octanol–water partition coefficient (Wildman–Crippen LogP) is 2.09. The van der Waals surface area contributed by atoms with Crippen LogP contribution < -0.4 is 11.1 Å². The molecule has 3 rings (SSSR count). The molecule has 116 valence electrons. The number of nitrogens with one attached hydrogen (secondary N) is 1. The number of ether oxygens (including phenoxy) is 1. The van der Waals surface area contributed by atoms with Crippen molar-refractivity contribution in [1.82, 2.24) is 9.97 Å². The number of carbonyl (C=O) groups excluding carboxylic acids is 1. The van der Waals surface area contributed by atoms with Crippen molar-refractivity contribution in [2.45, 2.75) is 12.8 Å². The number of nitrogens with two attached hydrogens (primary N) is 1. The number of hydrogen-bond donors (Lipinski definition) is 2. The Kier molecular flexibility index (Phi) is 4.26. The smallest absolute Gasteiger partial charge is 0.225 e. The molecule has 1 aliphatic heterocycles. The molecule has 2 heterocycles. The van der Waals surface area contributed by atoms with Gasteiger partial charge in [0, 0.05) is 29.6 Å². The number of anilines is 1. The van der Waals surface area contributed by atoms with Gasteiger partial charge in [0.1, 0.15) is 12.1 Å². The van der Waals surface area contributed by atoms with Crippen molar-refractivity contribution >= 4 is 38.6 Å². The number of benzene rings is 1. The molecule has 0 unspecified atom stereocenters. The summed E-state index contributed by atoms with van der Waals surface area (Å²) in [7, 11) is 0. The van der Waals surface area contributed by atoms with Crippen LogP contribution in [0.15, 0.2) is 29.0 Å². The molecule has 0 bridgehead atoms. The Morgan fingerprint density at radius 2 is 2.14 bits per heavy atom. The fourth-order valence-electron chi connectivity index (χ4n) is 2.70. The molecule has 0 spiro atoms. The van der Waals surface area contributed by atoms with Crippen molar-refractivity contribution < 1.29 is 9.53 Å². The maximum absolute atomic E-state index is 11.9. The maximum atomic E-state index is 11.9. The number of aromatic nitrogens is 2. The van der Waals surface area contributed by atoms with Crippen LogP contribution in [0.4, 0.5) is 5.82 Å². The summed E-state index contributed by atoms with van der Waals surface area (Å²) < 4.78 is 6.30. The predicted molar refractivity (Wildman–Crippen MR) is 87.4 cm³/mol. The lowest BCUT2D eigenvalue weighted by molar-refractivity contribution is -0.132. The third-order valence-electron chi connectivity index (χ3n) is 4.16. The minimum Gasteiger partial charge on any atom is -0.381 e. The van der Waals surface area contributed by atoms with E-state index in [1.165, 1.54) is 6.33 Å². The second kappa shape index (κ2) is 6.18. The lowest BCUT2D eigenvalue weighted by atomic mass is 9.79. The molecule has 1 aromatic carbocycles. The largest absolute Gasteiger partial charge is 0.381 e. The van der Waals surface area contributed by atoms with Gasteiger partial charge in [-0.15, -0.1) is 0 Å². The normalized spacial score (nSPS) is 17.3. The summed E-state index contributed by atoms with van der Waals surface area (Å²) in [6.07, 6.45) is 2.77. The highest BCUT2D eigenvalue weighted by Crippen LogP contribution is 2.31. The van der Waals surface area contributed by atoms with Gasteiger partial charge in [-0.2, -0.15) is 0 Å². The van der Waals surface area contributed by atoms with Gasteiger partial charge in [0.25, 0.3) is 0 Å². The topological polar surface area (TPSA) is 90.1 Å². The van der Waals surface area contributed by atoms with E-state index in [0.717, 1.165) is 15.4 Å². The van der Waals surface area contributed by atoms with Crippen LogP contribution in [0.2, 0.25) is 0 Å². The van der Waals surface area contributed by atoms with Gasteiger partial charge in [-0.1, -0.05) is 15.9 Å². The lowest BCUT2D eigenvalue weighted by Crippen LogP contribution is -2.46. The van der Waals surface area contributed by atoms with E-state index in [1.54, 1.807) is 0 Å². The Morgan fingerprint density at radius 3 is 2.86 bits per heavy atom. The van der Waals surface area contributed by atoms with Crippen molar-refractivity contribution in [3.8, 4) is 0 Å². The molecule has 3 N–H and O–H groups in total. The number of nitrogens with zero attached hydrogens (tertiary/aromatic N) is 2.